The van der Waals surface area contributed by atoms with Gasteiger partial charge >= 0.3 is 0 Å². The van der Waals surface area contributed by atoms with Gasteiger partial charge in [0.25, 0.3) is 11.8 Å². The fourth-order valence-corrected chi connectivity index (χ4v) is 1.91. The number of rotatable bonds is 5. The molecular formula is C17H19N3O2. The first kappa shape index (κ1) is 15.7. The summed E-state index contributed by atoms with van der Waals surface area (Å²) in [6.45, 7) is 4.18. The van der Waals surface area contributed by atoms with Crippen molar-refractivity contribution in [2.45, 2.75) is 26.4 Å². The molecule has 0 unspecified atom stereocenters. The van der Waals surface area contributed by atoms with Crippen molar-refractivity contribution in [3.05, 3.63) is 65.5 Å². The van der Waals surface area contributed by atoms with Crippen molar-refractivity contribution in [2.75, 3.05) is 0 Å². The normalized spacial score (nSPS) is 10.3. The summed E-state index contributed by atoms with van der Waals surface area (Å²) < 4.78 is 0. The van der Waals surface area contributed by atoms with Crippen LogP contribution in [0.4, 0.5) is 0 Å². The summed E-state index contributed by atoms with van der Waals surface area (Å²) in [6, 6.07) is 12.7. The zero-order chi connectivity index (χ0) is 15.9. The van der Waals surface area contributed by atoms with Crippen LogP contribution in [0.1, 0.15) is 40.3 Å². The van der Waals surface area contributed by atoms with Gasteiger partial charge in [-0.15, -0.1) is 0 Å². The van der Waals surface area contributed by atoms with Crippen molar-refractivity contribution in [3.8, 4) is 0 Å². The molecule has 0 saturated carbocycles. The van der Waals surface area contributed by atoms with Crippen LogP contribution in [0.3, 0.4) is 0 Å². The third-order valence-electron chi connectivity index (χ3n) is 2.97. The third kappa shape index (κ3) is 4.41. The molecule has 1 aromatic heterocycles. The van der Waals surface area contributed by atoms with Crippen molar-refractivity contribution in [2.24, 2.45) is 0 Å². The molecule has 0 bridgehead atoms. The first-order chi connectivity index (χ1) is 10.6. The molecule has 0 spiro atoms. The monoisotopic (exact) mass is 297 g/mol. The Kier molecular flexibility index (Phi) is 5.25. The van der Waals surface area contributed by atoms with E-state index < -0.39 is 0 Å². The summed E-state index contributed by atoms with van der Waals surface area (Å²) in [5.41, 5.74) is 1.66. The highest BCUT2D eigenvalue weighted by atomic mass is 16.2. The summed E-state index contributed by atoms with van der Waals surface area (Å²) in [4.78, 5) is 28.1. The van der Waals surface area contributed by atoms with Crippen molar-refractivity contribution in [3.63, 3.8) is 0 Å². The van der Waals surface area contributed by atoms with Crippen molar-refractivity contribution in [1.82, 2.24) is 15.6 Å². The van der Waals surface area contributed by atoms with Gasteiger partial charge < -0.3 is 10.6 Å². The van der Waals surface area contributed by atoms with Crippen LogP contribution in [-0.2, 0) is 6.54 Å². The van der Waals surface area contributed by atoms with E-state index in [1.807, 2.05) is 44.2 Å². The lowest BCUT2D eigenvalue weighted by molar-refractivity contribution is 0.0943. The molecule has 0 saturated heterocycles. The van der Waals surface area contributed by atoms with E-state index in [4.69, 9.17) is 0 Å². The van der Waals surface area contributed by atoms with Gasteiger partial charge in [0.05, 0.1) is 0 Å². The molecule has 1 aromatic carbocycles. The number of aromatic nitrogens is 1. The lowest BCUT2D eigenvalue weighted by atomic mass is 10.2. The molecule has 2 N–H and O–H groups in total. The molecule has 0 radical (unpaired) electrons. The average Bonchev–Trinajstić information content (AvgIpc) is 2.53. The van der Waals surface area contributed by atoms with Gasteiger partial charge in [-0.2, -0.15) is 0 Å². The van der Waals surface area contributed by atoms with Gasteiger partial charge in [-0.25, -0.2) is 0 Å². The minimum atomic E-state index is -0.303. The smallest absolute Gasteiger partial charge is 0.270 e. The molecule has 2 rings (SSSR count). The molecule has 22 heavy (non-hydrogen) atoms. The van der Waals surface area contributed by atoms with E-state index >= 15 is 0 Å². The van der Waals surface area contributed by atoms with Crippen LogP contribution >= 0.6 is 0 Å². The van der Waals surface area contributed by atoms with Crippen molar-refractivity contribution < 1.29 is 9.59 Å². The first-order valence-electron chi connectivity index (χ1n) is 7.15. The molecular weight excluding hydrogens is 278 g/mol. The highest BCUT2D eigenvalue weighted by molar-refractivity contribution is 5.98. The maximum absolute atomic E-state index is 12.1. The fourth-order valence-electron chi connectivity index (χ4n) is 1.91. The van der Waals surface area contributed by atoms with E-state index in [0.29, 0.717) is 12.1 Å². The standard InChI is InChI=1S/C17H19N3O2/c1-12(2)20-16(21)14-8-9-18-15(10-14)17(22)19-11-13-6-4-3-5-7-13/h3-10,12H,11H2,1-2H3,(H,19,22)(H,20,21). The molecule has 1 heterocycles. The highest BCUT2D eigenvalue weighted by Gasteiger charge is 2.12. The van der Waals surface area contributed by atoms with E-state index in [2.05, 4.69) is 15.6 Å². The van der Waals surface area contributed by atoms with Crippen LogP contribution in [0.5, 0.6) is 0 Å². The number of nitrogens with one attached hydrogen (secondary N) is 2. The summed E-state index contributed by atoms with van der Waals surface area (Å²) in [7, 11) is 0. The Hall–Kier alpha value is -2.69. The zero-order valence-electron chi connectivity index (χ0n) is 12.7. The summed E-state index contributed by atoms with van der Waals surface area (Å²) in [5, 5.41) is 5.57. The van der Waals surface area contributed by atoms with E-state index in [1.165, 1.54) is 12.3 Å². The Bertz CT molecular complexity index is 654. The summed E-state index contributed by atoms with van der Waals surface area (Å²) in [6.07, 6.45) is 1.46. The number of carbonyl (C=O) groups excluding carboxylic acids is 2. The van der Waals surface area contributed by atoms with Crippen LogP contribution in [0.15, 0.2) is 48.7 Å². The Balaban J connectivity index is 2.02. The summed E-state index contributed by atoms with van der Waals surface area (Å²) >= 11 is 0. The third-order valence-corrected chi connectivity index (χ3v) is 2.97. The van der Waals surface area contributed by atoms with Gasteiger partial charge in [-0.05, 0) is 31.5 Å². The largest absolute Gasteiger partial charge is 0.350 e. The number of nitrogens with zero attached hydrogens (tertiary/aromatic N) is 1. The van der Waals surface area contributed by atoms with Gasteiger partial charge in [0.1, 0.15) is 5.69 Å². The SMILES string of the molecule is CC(C)NC(=O)c1ccnc(C(=O)NCc2ccccc2)c1. The lowest BCUT2D eigenvalue weighted by Gasteiger charge is -2.09. The molecule has 114 valence electrons. The van der Waals surface area contributed by atoms with Crippen molar-refractivity contribution >= 4 is 11.8 Å². The van der Waals surface area contributed by atoms with E-state index in [9.17, 15) is 9.59 Å². The Morgan fingerprint density at radius 1 is 1.09 bits per heavy atom. The van der Waals surface area contributed by atoms with Crippen LogP contribution < -0.4 is 10.6 Å². The zero-order valence-corrected chi connectivity index (χ0v) is 12.7. The Morgan fingerprint density at radius 3 is 2.50 bits per heavy atom. The minimum Gasteiger partial charge on any atom is -0.350 e. The molecule has 2 amide bonds. The van der Waals surface area contributed by atoms with E-state index in [-0.39, 0.29) is 23.6 Å². The van der Waals surface area contributed by atoms with Gasteiger partial charge in [0.15, 0.2) is 0 Å². The average molecular weight is 297 g/mol. The maximum atomic E-state index is 12.1. The Labute approximate surface area is 129 Å². The van der Waals surface area contributed by atoms with Gasteiger partial charge in [-0.3, -0.25) is 14.6 Å². The summed E-state index contributed by atoms with van der Waals surface area (Å²) in [5.74, 6) is -0.516. The minimum absolute atomic E-state index is 0.0380. The molecule has 0 aliphatic carbocycles. The van der Waals surface area contributed by atoms with Crippen LogP contribution in [0.2, 0.25) is 0 Å². The number of benzene rings is 1. The molecule has 2 aromatic rings. The number of amides is 2. The predicted molar refractivity (Wildman–Crippen MR) is 84.5 cm³/mol. The van der Waals surface area contributed by atoms with Crippen molar-refractivity contribution in [1.29, 1.82) is 0 Å². The second-order valence-corrected chi connectivity index (χ2v) is 5.23. The van der Waals surface area contributed by atoms with E-state index in [1.54, 1.807) is 6.07 Å². The molecule has 0 atom stereocenters. The predicted octanol–water partition coefficient (Wildman–Crippen LogP) is 2.15. The molecule has 0 fully saturated rings. The molecule has 0 aliphatic rings. The topological polar surface area (TPSA) is 71.1 Å². The fraction of sp³-hybridized carbons (Fsp3) is 0.235. The number of hydrogen-bond donors (Lipinski definition) is 2. The van der Waals surface area contributed by atoms with Gasteiger partial charge in [0, 0.05) is 24.3 Å². The number of carbonyl (C=O) groups is 2. The quantitative estimate of drug-likeness (QED) is 0.888. The van der Waals surface area contributed by atoms with Crippen LogP contribution in [0.25, 0.3) is 0 Å². The van der Waals surface area contributed by atoms with Crippen LogP contribution in [0, 0.1) is 0 Å². The second-order valence-electron chi connectivity index (χ2n) is 5.23. The first-order valence-corrected chi connectivity index (χ1v) is 7.15. The number of hydrogen-bond acceptors (Lipinski definition) is 3. The van der Waals surface area contributed by atoms with E-state index in [0.717, 1.165) is 5.56 Å². The molecule has 0 aliphatic heterocycles. The molecule has 5 heteroatoms. The molecule has 5 nitrogen and oxygen atoms in total. The van der Waals surface area contributed by atoms with Crippen LogP contribution in [-0.4, -0.2) is 22.8 Å². The number of pyridine rings is 1. The Morgan fingerprint density at radius 2 is 1.82 bits per heavy atom. The van der Waals surface area contributed by atoms with Gasteiger partial charge in [0.2, 0.25) is 0 Å². The highest BCUT2D eigenvalue weighted by Crippen LogP contribution is 2.04. The second kappa shape index (κ2) is 7.36. The lowest BCUT2D eigenvalue weighted by Crippen LogP contribution is -2.30. The van der Waals surface area contributed by atoms with Gasteiger partial charge in [-0.1, -0.05) is 30.3 Å². The maximum Gasteiger partial charge on any atom is 0.270 e.